The van der Waals surface area contributed by atoms with E-state index in [1.165, 1.54) is 4.88 Å². The third kappa shape index (κ3) is 3.00. The van der Waals surface area contributed by atoms with E-state index in [9.17, 15) is 0 Å². The van der Waals surface area contributed by atoms with Crippen LogP contribution in [0.25, 0.3) is 0 Å². The van der Waals surface area contributed by atoms with E-state index in [0.717, 1.165) is 35.2 Å². The molecule has 0 aliphatic carbocycles. The van der Waals surface area contributed by atoms with Crippen molar-refractivity contribution in [3.63, 3.8) is 0 Å². The normalized spacial score (nSPS) is 12.9. The van der Waals surface area contributed by atoms with Gasteiger partial charge in [-0.3, -0.25) is 0 Å². The van der Waals surface area contributed by atoms with E-state index in [1.807, 2.05) is 19.1 Å². The largest absolute Gasteiger partial charge is 0.465 e. The van der Waals surface area contributed by atoms with Crippen molar-refractivity contribution in [1.82, 2.24) is 10.3 Å². The van der Waals surface area contributed by atoms with Crippen LogP contribution in [-0.2, 0) is 13.0 Å². The molecule has 2 aromatic rings. The predicted octanol–water partition coefficient (Wildman–Crippen LogP) is 3.77. The molecule has 0 bridgehead atoms. The van der Waals surface area contributed by atoms with Crippen molar-refractivity contribution >= 4 is 11.3 Å². The van der Waals surface area contributed by atoms with Gasteiger partial charge < -0.3 is 9.73 Å². The molecule has 0 aliphatic heterocycles. The van der Waals surface area contributed by atoms with Crippen LogP contribution >= 0.6 is 11.3 Å². The average Bonchev–Trinajstić information content (AvgIpc) is 2.92. The molecule has 2 rings (SSSR count). The molecule has 1 N–H and O–H groups in total. The van der Waals surface area contributed by atoms with Crippen LogP contribution in [0, 0.1) is 13.8 Å². The molecule has 4 heteroatoms. The Morgan fingerprint density at radius 2 is 2.06 bits per heavy atom. The minimum absolute atomic E-state index is 0.311. The van der Waals surface area contributed by atoms with E-state index in [2.05, 4.69) is 31.1 Å². The first-order valence-corrected chi connectivity index (χ1v) is 7.16. The van der Waals surface area contributed by atoms with E-state index in [4.69, 9.17) is 4.42 Å². The molecule has 0 fully saturated rings. The van der Waals surface area contributed by atoms with E-state index >= 15 is 0 Å². The number of aryl methyl sites for hydroxylation is 3. The second-order valence-electron chi connectivity index (χ2n) is 4.51. The fraction of sp³-hybridized carbons (Fsp3) is 0.500. The first-order chi connectivity index (χ1) is 8.60. The minimum atomic E-state index is 0.311. The van der Waals surface area contributed by atoms with Crippen LogP contribution in [0.2, 0.25) is 0 Å². The van der Waals surface area contributed by atoms with Crippen LogP contribution in [0.5, 0.6) is 0 Å². The molecule has 0 aliphatic rings. The fourth-order valence-corrected chi connectivity index (χ4v) is 2.96. The van der Waals surface area contributed by atoms with Gasteiger partial charge in [0.25, 0.3) is 0 Å². The molecular formula is C14H20N2OS. The van der Waals surface area contributed by atoms with Crippen LogP contribution in [-0.4, -0.2) is 4.98 Å². The molecule has 0 saturated carbocycles. The molecule has 0 spiro atoms. The summed E-state index contributed by atoms with van der Waals surface area (Å²) >= 11 is 1.76. The van der Waals surface area contributed by atoms with Crippen molar-refractivity contribution in [3.8, 4) is 0 Å². The SMILES string of the molecule is CCc1ccc(CNC(C)c2sc(C)nc2C)o1. The molecule has 0 aromatic carbocycles. The standard InChI is InChI=1S/C14H20N2OS/c1-5-12-6-7-13(17-12)8-15-9(2)14-10(3)16-11(4)18-14/h6-7,9,15H,5,8H2,1-4H3. The number of furan rings is 1. The first kappa shape index (κ1) is 13.3. The molecule has 18 heavy (non-hydrogen) atoms. The Bertz CT molecular complexity index is 516. The Balaban J connectivity index is 1.95. The summed E-state index contributed by atoms with van der Waals surface area (Å²) in [6, 6.07) is 4.40. The zero-order chi connectivity index (χ0) is 13.1. The maximum Gasteiger partial charge on any atom is 0.117 e. The highest BCUT2D eigenvalue weighted by Crippen LogP contribution is 2.24. The maximum absolute atomic E-state index is 5.68. The van der Waals surface area contributed by atoms with Crippen molar-refractivity contribution < 1.29 is 4.42 Å². The Kier molecular flexibility index (Phi) is 4.19. The second-order valence-corrected chi connectivity index (χ2v) is 5.74. The van der Waals surface area contributed by atoms with E-state index in [-0.39, 0.29) is 0 Å². The number of nitrogens with one attached hydrogen (secondary N) is 1. The molecule has 0 amide bonds. The average molecular weight is 264 g/mol. The summed E-state index contributed by atoms with van der Waals surface area (Å²) in [7, 11) is 0. The molecule has 0 radical (unpaired) electrons. The molecule has 0 saturated heterocycles. The summed E-state index contributed by atoms with van der Waals surface area (Å²) in [5.74, 6) is 2.04. The van der Waals surface area contributed by atoms with E-state index in [0.29, 0.717) is 6.04 Å². The number of thiazole rings is 1. The lowest BCUT2D eigenvalue weighted by Crippen LogP contribution is -2.17. The topological polar surface area (TPSA) is 38.1 Å². The molecule has 2 aromatic heterocycles. The molecular weight excluding hydrogens is 244 g/mol. The van der Waals surface area contributed by atoms with Crippen molar-refractivity contribution in [2.24, 2.45) is 0 Å². The van der Waals surface area contributed by atoms with Crippen LogP contribution in [0.3, 0.4) is 0 Å². The summed E-state index contributed by atoms with van der Waals surface area (Å²) < 4.78 is 5.68. The Morgan fingerprint density at radius 3 is 2.61 bits per heavy atom. The van der Waals surface area contributed by atoms with Gasteiger partial charge in [-0.2, -0.15) is 0 Å². The van der Waals surface area contributed by atoms with Crippen molar-refractivity contribution in [1.29, 1.82) is 0 Å². The van der Waals surface area contributed by atoms with Crippen LogP contribution < -0.4 is 5.32 Å². The lowest BCUT2D eigenvalue weighted by molar-refractivity contribution is 0.436. The van der Waals surface area contributed by atoms with Gasteiger partial charge in [-0.05, 0) is 32.9 Å². The highest BCUT2D eigenvalue weighted by Gasteiger charge is 2.13. The third-order valence-electron chi connectivity index (χ3n) is 2.98. The fourth-order valence-electron chi connectivity index (χ4n) is 2.00. The number of aromatic nitrogens is 1. The van der Waals surface area contributed by atoms with Gasteiger partial charge in [-0.1, -0.05) is 6.92 Å². The smallest absolute Gasteiger partial charge is 0.117 e. The lowest BCUT2D eigenvalue weighted by Gasteiger charge is -2.11. The maximum atomic E-state index is 5.68. The third-order valence-corrected chi connectivity index (χ3v) is 4.24. The molecule has 1 atom stereocenters. The van der Waals surface area contributed by atoms with Crippen molar-refractivity contribution in [2.75, 3.05) is 0 Å². The first-order valence-electron chi connectivity index (χ1n) is 6.35. The Hall–Kier alpha value is -1.13. The van der Waals surface area contributed by atoms with E-state index in [1.54, 1.807) is 11.3 Å². The molecule has 98 valence electrons. The lowest BCUT2D eigenvalue weighted by atomic mass is 10.2. The predicted molar refractivity (Wildman–Crippen MR) is 74.9 cm³/mol. The summed E-state index contributed by atoms with van der Waals surface area (Å²) in [4.78, 5) is 5.77. The summed E-state index contributed by atoms with van der Waals surface area (Å²) in [5.41, 5.74) is 1.13. The van der Waals surface area contributed by atoms with Gasteiger partial charge in [0.2, 0.25) is 0 Å². The van der Waals surface area contributed by atoms with Gasteiger partial charge in [0, 0.05) is 17.3 Å². The second kappa shape index (κ2) is 5.67. The van der Waals surface area contributed by atoms with Gasteiger partial charge >= 0.3 is 0 Å². The van der Waals surface area contributed by atoms with Gasteiger partial charge in [-0.15, -0.1) is 11.3 Å². The van der Waals surface area contributed by atoms with Gasteiger partial charge in [0.1, 0.15) is 11.5 Å². The Labute approximate surface area is 112 Å². The van der Waals surface area contributed by atoms with Crippen molar-refractivity contribution in [2.45, 2.75) is 46.7 Å². The molecule has 2 heterocycles. The Morgan fingerprint density at radius 1 is 1.33 bits per heavy atom. The van der Waals surface area contributed by atoms with E-state index < -0.39 is 0 Å². The molecule has 1 unspecified atom stereocenters. The number of nitrogens with zero attached hydrogens (tertiary/aromatic N) is 1. The molecule has 3 nitrogen and oxygen atoms in total. The highest BCUT2D eigenvalue weighted by molar-refractivity contribution is 7.11. The van der Waals surface area contributed by atoms with Crippen molar-refractivity contribution in [3.05, 3.63) is 39.2 Å². The van der Waals surface area contributed by atoms with Gasteiger partial charge in [0.15, 0.2) is 0 Å². The summed E-state index contributed by atoms with van der Waals surface area (Å²) in [5, 5.41) is 4.61. The monoisotopic (exact) mass is 264 g/mol. The van der Waals surface area contributed by atoms with Crippen LogP contribution in [0.4, 0.5) is 0 Å². The summed E-state index contributed by atoms with van der Waals surface area (Å²) in [6.07, 6.45) is 0.947. The van der Waals surface area contributed by atoms with Gasteiger partial charge in [-0.25, -0.2) is 4.98 Å². The number of rotatable bonds is 5. The quantitative estimate of drug-likeness (QED) is 0.893. The minimum Gasteiger partial charge on any atom is -0.465 e. The summed E-state index contributed by atoms with van der Waals surface area (Å²) in [6.45, 7) is 9.15. The van der Waals surface area contributed by atoms with Crippen LogP contribution in [0.15, 0.2) is 16.5 Å². The van der Waals surface area contributed by atoms with Crippen LogP contribution in [0.1, 0.15) is 47.0 Å². The number of hydrogen-bond donors (Lipinski definition) is 1. The highest BCUT2D eigenvalue weighted by atomic mass is 32.1. The zero-order valence-electron chi connectivity index (χ0n) is 11.4. The number of hydrogen-bond acceptors (Lipinski definition) is 4. The zero-order valence-corrected chi connectivity index (χ0v) is 12.2. The van der Waals surface area contributed by atoms with Gasteiger partial charge in [0.05, 0.1) is 17.2 Å².